The van der Waals surface area contributed by atoms with E-state index in [2.05, 4.69) is 0 Å². The lowest BCUT2D eigenvalue weighted by Crippen LogP contribution is -1.99. The van der Waals surface area contributed by atoms with Gasteiger partial charge in [0.1, 0.15) is 0 Å². The highest BCUT2D eigenvalue weighted by Crippen LogP contribution is 2.14. The van der Waals surface area contributed by atoms with Gasteiger partial charge < -0.3 is 0 Å². The molecule has 0 fully saturated rings. The molecule has 2 aromatic rings. The Hall–Kier alpha value is -2.20. The lowest BCUT2D eigenvalue weighted by molar-refractivity contribution is 0.104. The summed E-state index contributed by atoms with van der Waals surface area (Å²) < 4.78 is 22.8. The molecule has 0 atom stereocenters. The molecule has 2 rings (SSSR count). The van der Waals surface area contributed by atoms with Gasteiger partial charge in [-0.1, -0.05) is 29.8 Å². The van der Waals surface area contributed by atoms with Crippen LogP contribution in [0.4, 0.5) is 0 Å². The number of benzene rings is 2. The number of carbonyl (C=O) groups is 1. The zero-order valence-electron chi connectivity index (χ0n) is 12.8. The molecule has 0 heterocycles. The zero-order valence-corrected chi connectivity index (χ0v) is 13.6. The summed E-state index contributed by atoms with van der Waals surface area (Å²) in [5.41, 5.74) is 3.70. The Balaban J connectivity index is 2.22. The Labute approximate surface area is 131 Å². The number of hydrogen-bond donors (Lipinski definition) is 0. The molecular formula is C18H18O3S. The summed E-state index contributed by atoms with van der Waals surface area (Å²) in [4.78, 5) is 12.3. The van der Waals surface area contributed by atoms with Crippen molar-refractivity contribution in [3.8, 4) is 0 Å². The maximum absolute atomic E-state index is 12.1. The van der Waals surface area contributed by atoms with Crippen molar-refractivity contribution in [1.29, 1.82) is 0 Å². The summed E-state index contributed by atoms with van der Waals surface area (Å²) in [5.74, 6) is -0.152. The summed E-state index contributed by atoms with van der Waals surface area (Å²) in [6.45, 7) is 3.99. The Kier molecular flexibility index (Phi) is 4.62. The molecule has 0 saturated carbocycles. The van der Waals surface area contributed by atoms with E-state index in [1.54, 1.807) is 6.08 Å². The molecule has 0 amide bonds. The van der Waals surface area contributed by atoms with Gasteiger partial charge in [0.15, 0.2) is 15.6 Å². The fourth-order valence-electron chi connectivity index (χ4n) is 2.07. The number of allylic oxidation sites excluding steroid dienone is 1. The second kappa shape index (κ2) is 6.28. The van der Waals surface area contributed by atoms with E-state index in [1.807, 2.05) is 32.0 Å². The first-order valence-corrected chi connectivity index (χ1v) is 8.76. The van der Waals surface area contributed by atoms with Gasteiger partial charge in [-0.3, -0.25) is 4.79 Å². The summed E-state index contributed by atoms with van der Waals surface area (Å²) in [5, 5.41) is 0. The number of rotatable bonds is 4. The molecule has 3 nitrogen and oxygen atoms in total. The average Bonchev–Trinajstić information content (AvgIpc) is 2.47. The largest absolute Gasteiger partial charge is 0.289 e. The van der Waals surface area contributed by atoms with Crippen molar-refractivity contribution in [2.24, 2.45) is 0 Å². The number of aryl methyl sites for hydroxylation is 2. The van der Waals surface area contributed by atoms with E-state index in [0.29, 0.717) is 5.56 Å². The fraction of sp³-hybridized carbons (Fsp3) is 0.167. The molecule has 0 unspecified atom stereocenters. The molecule has 22 heavy (non-hydrogen) atoms. The van der Waals surface area contributed by atoms with Crippen LogP contribution in [0, 0.1) is 13.8 Å². The van der Waals surface area contributed by atoms with Gasteiger partial charge in [0.05, 0.1) is 4.90 Å². The number of carbonyl (C=O) groups excluding carboxylic acids is 1. The molecular weight excluding hydrogens is 296 g/mol. The van der Waals surface area contributed by atoms with Crippen LogP contribution in [0.1, 0.15) is 27.0 Å². The van der Waals surface area contributed by atoms with E-state index in [1.165, 1.54) is 30.3 Å². The predicted octanol–water partition coefficient (Wildman–Crippen LogP) is 3.60. The Morgan fingerprint density at radius 3 is 2.23 bits per heavy atom. The van der Waals surface area contributed by atoms with Crippen LogP contribution in [0.25, 0.3) is 6.08 Å². The highest BCUT2D eigenvalue weighted by molar-refractivity contribution is 7.90. The molecule has 0 bridgehead atoms. The summed E-state index contributed by atoms with van der Waals surface area (Å²) >= 11 is 0. The molecule has 0 N–H and O–H groups in total. The Morgan fingerprint density at radius 2 is 1.64 bits per heavy atom. The molecule has 0 aliphatic carbocycles. The van der Waals surface area contributed by atoms with Crippen molar-refractivity contribution in [3.05, 3.63) is 70.8 Å². The van der Waals surface area contributed by atoms with Crippen LogP contribution in [0.5, 0.6) is 0 Å². The lowest BCUT2D eigenvalue weighted by Gasteiger charge is -2.02. The van der Waals surface area contributed by atoms with Crippen LogP contribution in [0.2, 0.25) is 0 Å². The highest BCUT2D eigenvalue weighted by Gasteiger charge is 2.08. The third-order valence-electron chi connectivity index (χ3n) is 3.42. The molecule has 114 valence electrons. The molecule has 0 aliphatic rings. The van der Waals surface area contributed by atoms with Gasteiger partial charge in [-0.05, 0) is 55.3 Å². The smallest absolute Gasteiger partial charge is 0.185 e. The first-order chi connectivity index (χ1) is 10.3. The first kappa shape index (κ1) is 16.2. The minimum atomic E-state index is -3.24. The van der Waals surface area contributed by atoms with E-state index in [-0.39, 0.29) is 10.7 Å². The maximum atomic E-state index is 12.1. The van der Waals surface area contributed by atoms with E-state index < -0.39 is 9.84 Å². The molecule has 0 saturated heterocycles. The standard InChI is InChI=1S/C18H18O3S/c1-13-4-5-14(2)16(12-13)8-11-18(19)15-6-9-17(10-7-15)22(3,20)21/h4-12H,1-3H3/b11-8+. The van der Waals surface area contributed by atoms with Gasteiger partial charge in [-0.15, -0.1) is 0 Å². The minimum absolute atomic E-state index is 0.152. The van der Waals surface area contributed by atoms with E-state index in [0.717, 1.165) is 22.9 Å². The average molecular weight is 314 g/mol. The van der Waals surface area contributed by atoms with Crippen LogP contribution in [0.3, 0.4) is 0 Å². The third-order valence-corrected chi connectivity index (χ3v) is 4.54. The normalized spacial score (nSPS) is 11.8. The number of ketones is 1. The van der Waals surface area contributed by atoms with Crippen molar-refractivity contribution in [2.45, 2.75) is 18.7 Å². The van der Waals surface area contributed by atoms with Crippen molar-refractivity contribution >= 4 is 21.7 Å². The predicted molar refractivity (Wildman–Crippen MR) is 88.8 cm³/mol. The van der Waals surface area contributed by atoms with Crippen molar-refractivity contribution in [3.63, 3.8) is 0 Å². The van der Waals surface area contributed by atoms with Gasteiger partial charge in [0.25, 0.3) is 0 Å². The van der Waals surface area contributed by atoms with E-state index in [4.69, 9.17) is 0 Å². The Morgan fingerprint density at radius 1 is 1.00 bits per heavy atom. The summed E-state index contributed by atoms with van der Waals surface area (Å²) in [6.07, 6.45) is 4.44. The molecule has 0 radical (unpaired) electrons. The molecule has 4 heteroatoms. The van der Waals surface area contributed by atoms with Crippen LogP contribution >= 0.6 is 0 Å². The SMILES string of the molecule is Cc1ccc(C)c(/C=C/C(=O)c2ccc(S(C)(=O)=O)cc2)c1. The van der Waals surface area contributed by atoms with Crippen molar-refractivity contribution in [1.82, 2.24) is 0 Å². The first-order valence-electron chi connectivity index (χ1n) is 6.87. The monoisotopic (exact) mass is 314 g/mol. The fourth-order valence-corrected chi connectivity index (χ4v) is 2.70. The van der Waals surface area contributed by atoms with Gasteiger partial charge in [-0.2, -0.15) is 0 Å². The van der Waals surface area contributed by atoms with Gasteiger partial charge in [-0.25, -0.2) is 8.42 Å². The summed E-state index contributed by atoms with van der Waals surface area (Å²) in [7, 11) is -3.24. The van der Waals surface area contributed by atoms with Crippen molar-refractivity contribution in [2.75, 3.05) is 6.26 Å². The van der Waals surface area contributed by atoms with E-state index in [9.17, 15) is 13.2 Å². The van der Waals surface area contributed by atoms with Gasteiger partial charge in [0, 0.05) is 11.8 Å². The number of hydrogen-bond acceptors (Lipinski definition) is 3. The Bertz CT molecular complexity index is 829. The number of sulfone groups is 1. The van der Waals surface area contributed by atoms with E-state index >= 15 is 0 Å². The molecule has 0 aromatic heterocycles. The summed E-state index contributed by atoms with van der Waals surface area (Å²) in [6, 6.07) is 12.0. The highest BCUT2D eigenvalue weighted by atomic mass is 32.2. The molecule has 2 aromatic carbocycles. The van der Waals surface area contributed by atoms with Crippen molar-refractivity contribution < 1.29 is 13.2 Å². The quantitative estimate of drug-likeness (QED) is 0.640. The zero-order chi connectivity index (χ0) is 16.3. The maximum Gasteiger partial charge on any atom is 0.185 e. The van der Waals surface area contributed by atoms with Crippen LogP contribution in [0.15, 0.2) is 53.4 Å². The lowest BCUT2D eigenvalue weighted by atomic mass is 10.0. The van der Waals surface area contributed by atoms with Gasteiger partial charge >= 0.3 is 0 Å². The third kappa shape index (κ3) is 3.92. The molecule has 0 aliphatic heterocycles. The minimum Gasteiger partial charge on any atom is -0.289 e. The molecule has 0 spiro atoms. The van der Waals surface area contributed by atoms with Crippen LogP contribution in [-0.2, 0) is 9.84 Å². The van der Waals surface area contributed by atoms with Crippen LogP contribution in [-0.4, -0.2) is 20.5 Å². The second-order valence-electron chi connectivity index (χ2n) is 5.35. The van der Waals surface area contributed by atoms with Gasteiger partial charge in [0.2, 0.25) is 0 Å². The van der Waals surface area contributed by atoms with Crippen LogP contribution < -0.4 is 0 Å². The second-order valence-corrected chi connectivity index (χ2v) is 7.37. The topological polar surface area (TPSA) is 51.2 Å².